The first kappa shape index (κ1) is 64.1. The molecule has 1 unspecified atom stereocenters. The summed E-state index contributed by atoms with van der Waals surface area (Å²) in [5.41, 5.74) is 0. The standard InChI is InChI=1S/C61H108O6/c1-4-7-10-13-16-19-22-25-28-30-31-34-36-39-42-45-48-51-54-60(63)66-57-58(56-65-59(62)53-50-47-44-41-38-35-32-27-24-21-18-15-12-9-6-3)67-61(64)55-52-49-46-43-40-37-33-29-26-23-20-17-14-11-8-5-2/h18,20-21,23,27-30,32-33,58H,4-17,19,22,24-26,31,34-57H2,1-3H3/b21-18-,23-20-,30-28-,32-27-,33-29-. The second-order valence-electron chi connectivity index (χ2n) is 19.2. The minimum absolute atomic E-state index is 0.0860. The normalized spacial score (nSPS) is 12.5. The molecule has 0 radical (unpaired) electrons. The lowest BCUT2D eigenvalue weighted by Gasteiger charge is -2.18. The molecule has 0 heterocycles. The number of unbranched alkanes of at least 4 members (excludes halogenated alkanes) is 31. The number of rotatable bonds is 52. The number of allylic oxidation sites excluding steroid dienone is 10. The Morgan fingerprint density at radius 2 is 0.537 bits per heavy atom. The molecule has 6 nitrogen and oxygen atoms in total. The van der Waals surface area contributed by atoms with Crippen molar-refractivity contribution in [2.24, 2.45) is 0 Å². The lowest BCUT2D eigenvalue weighted by Crippen LogP contribution is -2.30. The molecule has 0 N–H and O–H groups in total. The molecular weight excluding hydrogens is 829 g/mol. The van der Waals surface area contributed by atoms with Gasteiger partial charge in [-0.2, -0.15) is 0 Å². The summed E-state index contributed by atoms with van der Waals surface area (Å²) < 4.78 is 16.8. The SMILES string of the molecule is CCCCC/C=C\C/C=C\CCCCCCCC(=O)OCC(COC(=O)CCCCCCCCC/C=C\CCCCCCCCC)OC(=O)CCCCCCC/C=C\C/C=C\CCCCCC. The van der Waals surface area contributed by atoms with Crippen LogP contribution in [0.4, 0.5) is 0 Å². The number of hydrogen-bond donors (Lipinski definition) is 0. The molecule has 0 fully saturated rings. The molecule has 0 aromatic heterocycles. The Labute approximate surface area is 415 Å². The van der Waals surface area contributed by atoms with Gasteiger partial charge in [0.15, 0.2) is 6.10 Å². The summed E-state index contributed by atoms with van der Waals surface area (Å²) in [5.74, 6) is -0.908. The van der Waals surface area contributed by atoms with Crippen LogP contribution in [0, 0.1) is 0 Å². The number of carbonyl (C=O) groups is 3. The summed E-state index contributed by atoms with van der Waals surface area (Å²) in [6.45, 7) is 6.59. The van der Waals surface area contributed by atoms with Crippen molar-refractivity contribution >= 4 is 17.9 Å². The average molecular weight is 938 g/mol. The van der Waals surface area contributed by atoms with Gasteiger partial charge in [0.1, 0.15) is 13.2 Å². The van der Waals surface area contributed by atoms with Gasteiger partial charge in [0.25, 0.3) is 0 Å². The Kier molecular flexibility index (Phi) is 53.3. The quantitative estimate of drug-likeness (QED) is 0.0262. The van der Waals surface area contributed by atoms with E-state index in [-0.39, 0.29) is 31.1 Å². The molecule has 0 aliphatic carbocycles. The highest BCUT2D eigenvalue weighted by Crippen LogP contribution is 2.15. The van der Waals surface area contributed by atoms with Gasteiger partial charge in [-0.05, 0) is 109 Å². The van der Waals surface area contributed by atoms with E-state index >= 15 is 0 Å². The van der Waals surface area contributed by atoms with Crippen molar-refractivity contribution in [3.05, 3.63) is 60.8 Å². The lowest BCUT2D eigenvalue weighted by molar-refractivity contribution is -0.167. The smallest absolute Gasteiger partial charge is 0.306 e. The number of carbonyl (C=O) groups excluding carboxylic acids is 3. The third-order valence-electron chi connectivity index (χ3n) is 12.5. The largest absolute Gasteiger partial charge is 0.462 e. The van der Waals surface area contributed by atoms with Crippen LogP contribution in [0.5, 0.6) is 0 Å². The fourth-order valence-corrected chi connectivity index (χ4v) is 8.09. The molecule has 6 heteroatoms. The zero-order valence-corrected chi connectivity index (χ0v) is 44.4. The third kappa shape index (κ3) is 53.9. The van der Waals surface area contributed by atoms with Crippen molar-refractivity contribution in [2.75, 3.05) is 13.2 Å². The van der Waals surface area contributed by atoms with Crippen LogP contribution in [0.15, 0.2) is 60.8 Å². The Balaban J connectivity index is 4.41. The topological polar surface area (TPSA) is 78.9 Å². The zero-order valence-electron chi connectivity index (χ0n) is 44.4. The van der Waals surface area contributed by atoms with E-state index in [1.807, 2.05) is 0 Å². The van der Waals surface area contributed by atoms with Crippen molar-refractivity contribution < 1.29 is 28.6 Å². The fourth-order valence-electron chi connectivity index (χ4n) is 8.09. The van der Waals surface area contributed by atoms with Crippen LogP contribution in [-0.2, 0) is 28.6 Å². The Hall–Kier alpha value is -2.89. The van der Waals surface area contributed by atoms with E-state index in [9.17, 15) is 14.4 Å². The van der Waals surface area contributed by atoms with Crippen molar-refractivity contribution in [3.63, 3.8) is 0 Å². The van der Waals surface area contributed by atoms with Crippen LogP contribution in [0.25, 0.3) is 0 Å². The number of ether oxygens (including phenoxy) is 3. The molecule has 0 aromatic carbocycles. The second-order valence-corrected chi connectivity index (χ2v) is 19.2. The molecule has 0 rings (SSSR count). The van der Waals surface area contributed by atoms with Gasteiger partial charge in [-0.1, -0.05) is 223 Å². The van der Waals surface area contributed by atoms with Gasteiger partial charge >= 0.3 is 17.9 Å². The van der Waals surface area contributed by atoms with Gasteiger partial charge in [-0.25, -0.2) is 0 Å². The van der Waals surface area contributed by atoms with Crippen LogP contribution >= 0.6 is 0 Å². The van der Waals surface area contributed by atoms with Crippen LogP contribution in [0.1, 0.15) is 290 Å². The van der Waals surface area contributed by atoms with E-state index in [2.05, 4.69) is 81.5 Å². The minimum Gasteiger partial charge on any atom is -0.462 e. The predicted octanol–water partition coefficient (Wildman–Crippen LogP) is 19.2. The molecule has 1 atom stereocenters. The maximum atomic E-state index is 12.8. The van der Waals surface area contributed by atoms with Crippen molar-refractivity contribution in [1.82, 2.24) is 0 Å². The molecule has 0 aromatic rings. The number of esters is 3. The molecule has 0 saturated heterocycles. The molecule has 0 saturated carbocycles. The Bertz CT molecular complexity index is 1210. The lowest BCUT2D eigenvalue weighted by atomic mass is 10.1. The summed E-state index contributed by atoms with van der Waals surface area (Å²) in [6.07, 6.45) is 69.2. The van der Waals surface area contributed by atoms with E-state index in [1.165, 1.54) is 148 Å². The molecular formula is C61H108O6. The van der Waals surface area contributed by atoms with Gasteiger partial charge in [0.2, 0.25) is 0 Å². The predicted molar refractivity (Wildman–Crippen MR) is 288 cm³/mol. The summed E-state index contributed by atoms with van der Waals surface area (Å²) >= 11 is 0. The first-order valence-electron chi connectivity index (χ1n) is 28.8. The number of hydrogen-bond acceptors (Lipinski definition) is 6. The summed E-state index contributed by atoms with van der Waals surface area (Å²) in [7, 11) is 0. The molecule has 388 valence electrons. The highest BCUT2D eigenvalue weighted by Gasteiger charge is 2.19. The summed E-state index contributed by atoms with van der Waals surface area (Å²) in [5, 5.41) is 0. The summed E-state index contributed by atoms with van der Waals surface area (Å²) in [4.78, 5) is 38.1. The Morgan fingerprint density at radius 3 is 0.881 bits per heavy atom. The molecule has 0 spiro atoms. The van der Waals surface area contributed by atoms with Gasteiger partial charge in [-0.3, -0.25) is 14.4 Å². The van der Waals surface area contributed by atoms with Crippen molar-refractivity contribution in [1.29, 1.82) is 0 Å². The molecule has 67 heavy (non-hydrogen) atoms. The minimum atomic E-state index is -0.789. The van der Waals surface area contributed by atoms with Gasteiger partial charge in [0, 0.05) is 19.3 Å². The monoisotopic (exact) mass is 937 g/mol. The average Bonchev–Trinajstić information content (AvgIpc) is 3.33. The zero-order chi connectivity index (χ0) is 48.6. The maximum absolute atomic E-state index is 12.8. The molecule has 0 bridgehead atoms. The maximum Gasteiger partial charge on any atom is 0.306 e. The fraction of sp³-hybridized carbons (Fsp3) is 0.787. The Morgan fingerprint density at radius 1 is 0.299 bits per heavy atom. The van der Waals surface area contributed by atoms with Crippen LogP contribution in [0.2, 0.25) is 0 Å². The van der Waals surface area contributed by atoms with Gasteiger partial charge < -0.3 is 14.2 Å². The second kappa shape index (κ2) is 55.7. The highest BCUT2D eigenvalue weighted by atomic mass is 16.6. The van der Waals surface area contributed by atoms with E-state index < -0.39 is 6.10 Å². The molecule has 0 aliphatic rings. The van der Waals surface area contributed by atoms with E-state index in [0.29, 0.717) is 19.3 Å². The first-order valence-corrected chi connectivity index (χ1v) is 28.8. The first-order chi connectivity index (χ1) is 33.0. The van der Waals surface area contributed by atoms with Crippen LogP contribution in [-0.4, -0.2) is 37.2 Å². The van der Waals surface area contributed by atoms with E-state index in [1.54, 1.807) is 0 Å². The summed E-state index contributed by atoms with van der Waals surface area (Å²) in [6, 6.07) is 0. The van der Waals surface area contributed by atoms with Crippen molar-refractivity contribution in [3.8, 4) is 0 Å². The highest BCUT2D eigenvalue weighted by molar-refractivity contribution is 5.71. The van der Waals surface area contributed by atoms with Crippen LogP contribution in [0.3, 0.4) is 0 Å². The molecule has 0 aliphatic heterocycles. The molecule has 0 amide bonds. The van der Waals surface area contributed by atoms with E-state index in [4.69, 9.17) is 14.2 Å². The van der Waals surface area contributed by atoms with Gasteiger partial charge in [-0.15, -0.1) is 0 Å². The van der Waals surface area contributed by atoms with Crippen LogP contribution < -0.4 is 0 Å². The van der Waals surface area contributed by atoms with Crippen molar-refractivity contribution in [2.45, 2.75) is 297 Å². The third-order valence-corrected chi connectivity index (χ3v) is 12.5. The van der Waals surface area contributed by atoms with E-state index in [0.717, 1.165) is 103 Å². The van der Waals surface area contributed by atoms with Gasteiger partial charge in [0.05, 0.1) is 0 Å².